The number of rotatable bonds is 5. The van der Waals surface area contributed by atoms with Crippen LogP contribution < -0.4 is 29.7 Å². The van der Waals surface area contributed by atoms with Crippen LogP contribution >= 0.6 is 23.8 Å². The van der Waals surface area contributed by atoms with Gasteiger partial charge in [-0.05, 0) is 61.6 Å². The molecule has 0 radical (unpaired) electrons. The van der Waals surface area contributed by atoms with E-state index in [1.807, 2.05) is 49.4 Å². The summed E-state index contributed by atoms with van der Waals surface area (Å²) in [5.74, 6) is 0.804. The number of fused-ring (bicyclic) bond motifs is 4. The topological polar surface area (TPSA) is 72.1 Å². The van der Waals surface area contributed by atoms with Crippen molar-refractivity contribution in [3.8, 4) is 17.2 Å². The molecule has 0 aliphatic carbocycles. The largest absolute Gasteiger partial charge is 0.495 e. The third-order valence-corrected chi connectivity index (χ3v) is 6.98. The molecule has 3 aromatic rings. The Morgan fingerprint density at radius 2 is 1.74 bits per heavy atom. The van der Waals surface area contributed by atoms with E-state index >= 15 is 0 Å². The second kappa shape index (κ2) is 8.94. The van der Waals surface area contributed by atoms with E-state index in [0.29, 0.717) is 38.8 Å². The van der Waals surface area contributed by atoms with E-state index in [9.17, 15) is 4.79 Å². The summed E-state index contributed by atoms with van der Waals surface area (Å²) < 4.78 is 17.9. The molecule has 2 aliphatic heterocycles. The van der Waals surface area contributed by atoms with Gasteiger partial charge in [0.2, 0.25) is 5.91 Å². The molecular formula is C26H24ClN3O4S. The van der Waals surface area contributed by atoms with Crippen LogP contribution in [0.1, 0.15) is 18.5 Å². The predicted octanol–water partition coefficient (Wildman–Crippen LogP) is 5.16. The Balaban J connectivity index is 1.66. The summed E-state index contributed by atoms with van der Waals surface area (Å²) >= 11 is 11.8. The molecule has 3 atom stereocenters. The highest BCUT2D eigenvalue weighted by molar-refractivity contribution is 7.80. The van der Waals surface area contributed by atoms with Crippen LogP contribution in [-0.2, 0) is 4.79 Å². The monoisotopic (exact) mass is 509 g/mol. The van der Waals surface area contributed by atoms with Crippen molar-refractivity contribution >= 4 is 46.2 Å². The number of hydrogen-bond donors (Lipinski definition) is 2. The van der Waals surface area contributed by atoms with Crippen LogP contribution in [0.25, 0.3) is 0 Å². The zero-order valence-electron chi connectivity index (χ0n) is 19.4. The van der Waals surface area contributed by atoms with E-state index < -0.39 is 17.7 Å². The van der Waals surface area contributed by atoms with Crippen molar-refractivity contribution < 1.29 is 19.0 Å². The molecule has 0 spiro atoms. The molecule has 1 saturated heterocycles. The van der Waals surface area contributed by atoms with Gasteiger partial charge in [-0.2, -0.15) is 0 Å². The van der Waals surface area contributed by atoms with E-state index in [1.165, 1.54) is 0 Å². The summed E-state index contributed by atoms with van der Waals surface area (Å²) in [7, 11) is 3.18. The first-order valence-corrected chi connectivity index (χ1v) is 11.8. The molecule has 5 rings (SSSR count). The molecule has 0 saturated carbocycles. The van der Waals surface area contributed by atoms with Gasteiger partial charge in [0.05, 0.1) is 25.9 Å². The van der Waals surface area contributed by atoms with E-state index in [1.54, 1.807) is 43.4 Å². The van der Waals surface area contributed by atoms with E-state index in [0.717, 1.165) is 5.56 Å². The lowest BCUT2D eigenvalue weighted by Crippen LogP contribution is -2.72. The van der Waals surface area contributed by atoms with Gasteiger partial charge in [-0.15, -0.1) is 0 Å². The molecule has 2 heterocycles. The fourth-order valence-electron chi connectivity index (χ4n) is 4.86. The number of nitrogens with one attached hydrogen (secondary N) is 2. The summed E-state index contributed by atoms with van der Waals surface area (Å²) in [5, 5.41) is 7.42. The van der Waals surface area contributed by atoms with Crippen LogP contribution in [0.4, 0.5) is 11.4 Å². The third-order valence-electron chi connectivity index (χ3n) is 6.43. The van der Waals surface area contributed by atoms with Gasteiger partial charge in [-0.25, -0.2) is 0 Å². The molecule has 9 heteroatoms. The quantitative estimate of drug-likeness (QED) is 0.460. The molecule has 35 heavy (non-hydrogen) atoms. The SMILES string of the molecule is COc1ccccc1N1C(=S)N[C@@H]2c3cccc(OC)c3O[C@]1(C)[C@@H]2C(=O)Nc1ccc(Cl)cc1. The third kappa shape index (κ3) is 3.83. The molecule has 2 aliphatic rings. The van der Waals surface area contributed by atoms with Gasteiger partial charge in [-0.3, -0.25) is 9.69 Å². The molecule has 3 aromatic carbocycles. The number of hydrogen-bond acceptors (Lipinski definition) is 5. The highest BCUT2D eigenvalue weighted by Crippen LogP contribution is 2.53. The second-order valence-electron chi connectivity index (χ2n) is 8.44. The average Bonchev–Trinajstić information content (AvgIpc) is 2.85. The molecule has 180 valence electrons. The smallest absolute Gasteiger partial charge is 0.236 e. The van der Waals surface area contributed by atoms with E-state index in [4.69, 9.17) is 38.0 Å². The van der Waals surface area contributed by atoms with Gasteiger partial charge in [0.25, 0.3) is 0 Å². The Bertz CT molecular complexity index is 1300. The Morgan fingerprint density at radius 3 is 2.46 bits per heavy atom. The number of halogens is 1. The summed E-state index contributed by atoms with van der Waals surface area (Å²) in [5.41, 5.74) is 0.889. The van der Waals surface area contributed by atoms with Gasteiger partial charge >= 0.3 is 0 Å². The first-order valence-electron chi connectivity index (χ1n) is 11.0. The fraction of sp³-hybridized carbons (Fsp3) is 0.231. The normalized spacial score (nSPS) is 22.4. The van der Waals surface area contributed by atoms with Gasteiger partial charge < -0.3 is 24.8 Å². The number of anilines is 2. The summed E-state index contributed by atoms with van der Waals surface area (Å²) in [6.45, 7) is 1.86. The van der Waals surface area contributed by atoms with Gasteiger partial charge in [0.1, 0.15) is 11.7 Å². The highest BCUT2D eigenvalue weighted by atomic mass is 35.5. The average molecular weight is 510 g/mol. The molecule has 2 N–H and O–H groups in total. The van der Waals surface area contributed by atoms with Crippen molar-refractivity contribution in [1.29, 1.82) is 0 Å². The van der Waals surface area contributed by atoms with Crippen LogP contribution in [0.3, 0.4) is 0 Å². The molecule has 1 fully saturated rings. The number of para-hydroxylation sites is 3. The summed E-state index contributed by atoms with van der Waals surface area (Å²) in [4.78, 5) is 15.7. The van der Waals surface area contributed by atoms with E-state index in [-0.39, 0.29) is 5.91 Å². The van der Waals surface area contributed by atoms with Crippen LogP contribution in [0.5, 0.6) is 17.2 Å². The zero-order chi connectivity index (χ0) is 24.7. The molecule has 2 bridgehead atoms. The number of ether oxygens (including phenoxy) is 3. The first kappa shape index (κ1) is 23.3. The van der Waals surface area contributed by atoms with Crippen LogP contribution in [-0.4, -0.2) is 31.0 Å². The van der Waals surface area contributed by atoms with Crippen molar-refractivity contribution in [3.63, 3.8) is 0 Å². The maximum atomic E-state index is 13.9. The maximum absolute atomic E-state index is 13.9. The van der Waals surface area contributed by atoms with Crippen LogP contribution in [0, 0.1) is 5.92 Å². The first-order chi connectivity index (χ1) is 16.9. The lowest BCUT2D eigenvalue weighted by atomic mass is 9.78. The Morgan fingerprint density at radius 1 is 1.06 bits per heavy atom. The molecule has 1 amide bonds. The Labute approximate surface area is 213 Å². The Kier molecular flexibility index (Phi) is 5.94. The summed E-state index contributed by atoms with van der Waals surface area (Å²) in [6.07, 6.45) is 0. The highest BCUT2D eigenvalue weighted by Gasteiger charge is 2.60. The van der Waals surface area contributed by atoms with Gasteiger partial charge in [0, 0.05) is 16.3 Å². The van der Waals surface area contributed by atoms with Crippen molar-refractivity contribution in [2.75, 3.05) is 24.4 Å². The van der Waals surface area contributed by atoms with Crippen LogP contribution in [0.2, 0.25) is 5.02 Å². The van der Waals surface area contributed by atoms with Crippen molar-refractivity contribution in [2.24, 2.45) is 5.92 Å². The van der Waals surface area contributed by atoms with Crippen molar-refractivity contribution in [3.05, 3.63) is 77.3 Å². The van der Waals surface area contributed by atoms with Gasteiger partial charge in [-0.1, -0.05) is 35.9 Å². The fourth-order valence-corrected chi connectivity index (χ4v) is 5.40. The number of methoxy groups -OCH3 is 2. The molecule has 0 unspecified atom stereocenters. The number of nitrogens with zero attached hydrogens (tertiary/aromatic N) is 1. The lowest BCUT2D eigenvalue weighted by Gasteiger charge is -2.56. The number of carbonyl (C=O) groups is 1. The number of thiocarbonyl (C=S) groups is 1. The van der Waals surface area contributed by atoms with Crippen LogP contribution in [0.15, 0.2) is 66.7 Å². The standard InChI is InChI=1S/C26H24ClN3O4S/c1-26-21(24(31)28-16-13-11-15(27)12-14-16)22(17-7-6-10-20(33-3)23(17)34-26)29-25(35)30(26)18-8-4-5-9-19(18)32-2/h4-14,21-22H,1-3H3,(H,28,31)(H,29,35)/t21-,22+,26+/m0/s1. The second-order valence-corrected chi connectivity index (χ2v) is 9.27. The minimum absolute atomic E-state index is 0.233. The Hall–Kier alpha value is -3.49. The molecule has 7 nitrogen and oxygen atoms in total. The summed E-state index contributed by atoms with van der Waals surface area (Å²) in [6, 6.07) is 19.6. The zero-order valence-corrected chi connectivity index (χ0v) is 20.9. The lowest BCUT2D eigenvalue weighted by molar-refractivity contribution is -0.130. The maximum Gasteiger partial charge on any atom is 0.236 e. The molecular weight excluding hydrogens is 486 g/mol. The van der Waals surface area contributed by atoms with E-state index in [2.05, 4.69) is 10.6 Å². The molecule has 0 aromatic heterocycles. The number of amides is 1. The predicted molar refractivity (Wildman–Crippen MR) is 140 cm³/mol. The van der Waals surface area contributed by atoms with Gasteiger partial charge in [0.15, 0.2) is 22.3 Å². The minimum atomic E-state index is -1.21. The van der Waals surface area contributed by atoms with Crippen molar-refractivity contribution in [2.45, 2.75) is 18.7 Å². The minimum Gasteiger partial charge on any atom is -0.495 e. The number of carbonyl (C=O) groups excluding carboxylic acids is 1. The number of benzene rings is 3. The van der Waals surface area contributed by atoms with Crippen molar-refractivity contribution in [1.82, 2.24) is 5.32 Å².